The number of hydrogen-bond donors (Lipinski definition) is 1. The van der Waals surface area contributed by atoms with E-state index in [2.05, 4.69) is 5.32 Å². The summed E-state index contributed by atoms with van der Waals surface area (Å²) >= 11 is 0. The van der Waals surface area contributed by atoms with Crippen molar-refractivity contribution in [1.29, 1.82) is 0 Å². The van der Waals surface area contributed by atoms with Crippen LogP contribution in [0, 0.1) is 5.92 Å². The predicted octanol–water partition coefficient (Wildman–Crippen LogP) is 6.75. The Labute approximate surface area is 202 Å². The topological polar surface area (TPSA) is 56.8 Å². The zero-order valence-corrected chi connectivity index (χ0v) is 19.6. The molecule has 34 heavy (non-hydrogen) atoms. The van der Waals surface area contributed by atoms with E-state index in [9.17, 15) is 4.79 Å². The van der Waals surface area contributed by atoms with Gasteiger partial charge in [0.15, 0.2) is 0 Å². The van der Waals surface area contributed by atoms with Gasteiger partial charge in [-0.1, -0.05) is 56.4 Å². The van der Waals surface area contributed by atoms with Gasteiger partial charge in [-0.05, 0) is 66.9 Å². The number of nitrogens with one attached hydrogen (secondary N) is 1. The van der Waals surface area contributed by atoms with Gasteiger partial charge in [0.1, 0.15) is 30.5 Å². The molecule has 1 amide bonds. The molecule has 1 N–H and O–H groups in total. The summed E-state index contributed by atoms with van der Waals surface area (Å²) in [6.07, 6.45) is 7.89. The molecule has 0 radical (unpaired) electrons. The Bertz CT molecular complexity index is 1010. The SMILES string of the molecule is O=C(Nc1ccc(OCCC2CCCCC2)cc1)c1cccc(OCCOc2ccccc2)c1. The highest BCUT2D eigenvalue weighted by Crippen LogP contribution is 2.26. The van der Waals surface area contributed by atoms with Gasteiger partial charge in [0.05, 0.1) is 6.61 Å². The summed E-state index contributed by atoms with van der Waals surface area (Å²) in [7, 11) is 0. The molecule has 0 spiro atoms. The maximum absolute atomic E-state index is 12.7. The number of hydrogen-bond acceptors (Lipinski definition) is 4. The summed E-state index contributed by atoms with van der Waals surface area (Å²) in [5.41, 5.74) is 1.27. The molecule has 5 heteroatoms. The number of ether oxygens (including phenoxy) is 3. The Hall–Kier alpha value is -3.47. The third kappa shape index (κ3) is 7.55. The Morgan fingerprint density at radius 2 is 1.35 bits per heavy atom. The minimum atomic E-state index is -0.183. The Morgan fingerprint density at radius 3 is 2.12 bits per heavy atom. The number of benzene rings is 3. The number of para-hydroxylation sites is 1. The minimum Gasteiger partial charge on any atom is -0.494 e. The lowest BCUT2D eigenvalue weighted by molar-refractivity contribution is 0.102. The number of anilines is 1. The van der Waals surface area contributed by atoms with Crippen molar-refractivity contribution in [3.05, 3.63) is 84.4 Å². The third-order valence-corrected chi connectivity index (χ3v) is 6.09. The fourth-order valence-electron chi connectivity index (χ4n) is 4.22. The van der Waals surface area contributed by atoms with E-state index in [1.165, 1.54) is 32.1 Å². The summed E-state index contributed by atoms with van der Waals surface area (Å²) in [4.78, 5) is 12.7. The maximum atomic E-state index is 12.7. The first-order valence-corrected chi connectivity index (χ1v) is 12.2. The van der Waals surface area contributed by atoms with Gasteiger partial charge in [-0.15, -0.1) is 0 Å². The molecule has 1 aliphatic carbocycles. The van der Waals surface area contributed by atoms with Crippen molar-refractivity contribution in [3.63, 3.8) is 0 Å². The molecule has 0 unspecified atom stereocenters. The van der Waals surface area contributed by atoms with E-state index in [1.807, 2.05) is 66.7 Å². The smallest absolute Gasteiger partial charge is 0.255 e. The molecule has 5 nitrogen and oxygen atoms in total. The average Bonchev–Trinajstić information content (AvgIpc) is 2.89. The van der Waals surface area contributed by atoms with Gasteiger partial charge in [0, 0.05) is 11.3 Å². The second-order valence-corrected chi connectivity index (χ2v) is 8.66. The van der Waals surface area contributed by atoms with Crippen LogP contribution < -0.4 is 19.5 Å². The third-order valence-electron chi connectivity index (χ3n) is 6.09. The van der Waals surface area contributed by atoms with Gasteiger partial charge in [0.25, 0.3) is 5.91 Å². The molecule has 4 rings (SSSR count). The second kappa shape index (κ2) is 12.7. The van der Waals surface area contributed by atoms with Gasteiger partial charge in [-0.2, -0.15) is 0 Å². The zero-order valence-electron chi connectivity index (χ0n) is 19.6. The van der Waals surface area contributed by atoms with Crippen molar-refractivity contribution in [3.8, 4) is 17.2 Å². The largest absolute Gasteiger partial charge is 0.494 e. The zero-order chi connectivity index (χ0) is 23.4. The van der Waals surface area contributed by atoms with Crippen molar-refractivity contribution < 1.29 is 19.0 Å². The molecule has 0 bridgehead atoms. The highest BCUT2D eigenvalue weighted by atomic mass is 16.5. The summed E-state index contributed by atoms with van der Waals surface area (Å²) in [6.45, 7) is 1.57. The summed E-state index contributed by atoms with van der Waals surface area (Å²) in [6, 6.07) is 24.3. The van der Waals surface area contributed by atoms with Gasteiger partial charge in [-0.3, -0.25) is 4.79 Å². The van der Waals surface area contributed by atoms with Gasteiger partial charge in [-0.25, -0.2) is 0 Å². The van der Waals surface area contributed by atoms with E-state index >= 15 is 0 Å². The molecule has 1 fully saturated rings. The number of carbonyl (C=O) groups excluding carboxylic acids is 1. The summed E-state index contributed by atoms with van der Waals surface area (Å²) < 4.78 is 17.3. The molecule has 0 atom stereocenters. The molecular formula is C29H33NO4. The van der Waals surface area contributed by atoms with Crippen LogP contribution in [-0.2, 0) is 0 Å². The first-order chi connectivity index (χ1) is 16.8. The van der Waals surface area contributed by atoms with Crippen LogP contribution in [0.1, 0.15) is 48.9 Å². The van der Waals surface area contributed by atoms with E-state index in [-0.39, 0.29) is 5.91 Å². The van der Waals surface area contributed by atoms with Crippen LogP contribution in [0.3, 0.4) is 0 Å². The lowest BCUT2D eigenvalue weighted by Gasteiger charge is -2.21. The van der Waals surface area contributed by atoms with E-state index in [0.717, 1.165) is 36.1 Å². The van der Waals surface area contributed by atoms with Gasteiger partial charge >= 0.3 is 0 Å². The van der Waals surface area contributed by atoms with E-state index < -0.39 is 0 Å². The van der Waals surface area contributed by atoms with E-state index in [1.54, 1.807) is 12.1 Å². The van der Waals surface area contributed by atoms with Crippen molar-refractivity contribution >= 4 is 11.6 Å². The van der Waals surface area contributed by atoms with Crippen LogP contribution in [0.25, 0.3) is 0 Å². The summed E-state index contributed by atoms with van der Waals surface area (Å²) in [5, 5.41) is 2.93. The molecule has 3 aromatic rings. The van der Waals surface area contributed by atoms with Crippen LogP contribution >= 0.6 is 0 Å². The Kier molecular flexibility index (Phi) is 8.83. The normalized spacial score (nSPS) is 13.8. The highest BCUT2D eigenvalue weighted by molar-refractivity contribution is 6.04. The van der Waals surface area contributed by atoms with Crippen molar-refractivity contribution in [1.82, 2.24) is 0 Å². The van der Waals surface area contributed by atoms with E-state index in [4.69, 9.17) is 14.2 Å². The van der Waals surface area contributed by atoms with Crippen molar-refractivity contribution in [2.45, 2.75) is 38.5 Å². The molecule has 0 aromatic heterocycles. The van der Waals surface area contributed by atoms with Crippen molar-refractivity contribution in [2.24, 2.45) is 5.92 Å². The van der Waals surface area contributed by atoms with Crippen LogP contribution in [0.5, 0.6) is 17.2 Å². The standard InChI is InChI=1S/C29H33NO4/c31-29(24-10-7-13-28(22-24)34-21-20-33-26-11-5-2-6-12-26)30-25-14-16-27(17-15-25)32-19-18-23-8-3-1-4-9-23/h2,5-7,10-17,22-23H,1,3-4,8-9,18-21H2,(H,30,31). The summed E-state index contributed by atoms with van der Waals surface area (Å²) in [5.74, 6) is 2.90. The molecule has 0 saturated heterocycles. The van der Waals surface area contributed by atoms with Crippen LogP contribution in [0.2, 0.25) is 0 Å². The number of rotatable bonds is 11. The van der Waals surface area contributed by atoms with Crippen LogP contribution in [0.4, 0.5) is 5.69 Å². The van der Waals surface area contributed by atoms with E-state index in [0.29, 0.717) is 24.5 Å². The molecular weight excluding hydrogens is 426 g/mol. The minimum absolute atomic E-state index is 0.183. The van der Waals surface area contributed by atoms with Gasteiger partial charge in [0.2, 0.25) is 0 Å². The first-order valence-electron chi connectivity index (χ1n) is 12.2. The van der Waals surface area contributed by atoms with Gasteiger partial charge < -0.3 is 19.5 Å². The molecule has 0 heterocycles. The average molecular weight is 460 g/mol. The lowest BCUT2D eigenvalue weighted by Crippen LogP contribution is -2.13. The first kappa shape index (κ1) is 23.7. The highest BCUT2D eigenvalue weighted by Gasteiger charge is 2.13. The number of amides is 1. The molecule has 178 valence electrons. The quantitative estimate of drug-likeness (QED) is 0.322. The van der Waals surface area contributed by atoms with Crippen molar-refractivity contribution in [2.75, 3.05) is 25.1 Å². The van der Waals surface area contributed by atoms with Crippen LogP contribution in [-0.4, -0.2) is 25.7 Å². The fraction of sp³-hybridized carbons (Fsp3) is 0.345. The fourth-order valence-corrected chi connectivity index (χ4v) is 4.22. The Balaban J connectivity index is 1.20. The Morgan fingerprint density at radius 1 is 0.706 bits per heavy atom. The predicted molar refractivity (Wildman–Crippen MR) is 135 cm³/mol. The molecule has 0 aliphatic heterocycles. The van der Waals surface area contributed by atoms with Crippen LogP contribution in [0.15, 0.2) is 78.9 Å². The maximum Gasteiger partial charge on any atom is 0.255 e. The number of carbonyl (C=O) groups is 1. The molecule has 1 aliphatic rings. The monoisotopic (exact) mass is 459 g/mol. The molecule has 1 saturated carbocycles. The molecule has 3 aromatic carbocycles. The second-order valence-electron chi connectivity index (χ2n) is 8.66. The lowest BCUT2D eigenvalue weighted by atomic mass is 9.87.